The molecule has 0 spiro atoms. The molecule has 4 nitrogen and oxygen atoms in total. The number of carbonyl (C=O) groups excluding carboxylic acids is 1. The number of rotatable bonds is 6. The lowest BCUT2D eigenvalue weighted by atomic mass is 10.0. The van der Waals surface area contributed by atoms with Crippen molar-refractivity contribution in [3.63, 3.8) is 0 Å². The van der Waals surface area contributed by atoms with Crippen LogP contribution in [0.1, 0.15) is 5.56 Å². The topological polar surface area (TPSA) is 32.8 Å². The summed E-state index contributed by atoms with van der Waals surface area (Å²) in [7, 11) is 0. The molecule has 0 atom stereocenters. The predicted molar refractivity (Wildman–Crippen MR) is 124 cm³/mol. The van der Waals surface area contributed by atoms with Crippen LogP contribution in [0.25, 0.3) is 16.8 Å². The second kappa shape index (κ2) is 9.79. The lowest BCUT2D eigenvalue weighted by molar-refractivity contribution is -0.138. The van der Waals surface area contributed by atoms with Gasteiger partial charge >= 0.3 is 5.97 Å². The Balaban J connectivity index is 1.21. The lowest BCUT2D eigenvalue weighted by Gasteiger charge is -2.35. The van der Waals surface area contributed by atoms with Gasteiger partial charge in [-0.05, 0) is 46.7 Å². The molecule has 5 heteroatoms. The van der Waals surface area contributed by atoms with Gasteiger partial charge in [-0.1, -0.05) is 54.1 Å². The van der Waals surface area contributed by atoms with E-state index >= 15 is 0 Å². The highest BCUT2D eigenvalue weighted by Crippen LogP contribution is 2.20. The van der Waals surface area contributed by atoms with Crippen LogP contribution in [-0.2, 0) is 9.53 Å². The van der Waals surface area contributed by atoms with E-state index in [2.05, 4.69) is 40.1 Å². The molecule has 0 aliphatic carbocycles. The van der Waals surface area contributed by atoms with Crippen molar-refractivity contribution >= 4 is 40.1 Å². The largest absolute Gasteiger partial charge is 0.461 e. The molecule has 0 N–H and O–H groups in total. The molecule has 0 amide bonds. The number of carbonyl (C=O) groups is 1. The van der Waals surface area contributed by atoms with Crippen molar-refractivity contribution in [3.8, 4) is 0 Å². The maximum atomic E-state index is 12.1. The van der Waals surface area contributed by atoms with E-state index in [1.165, 1.54) is 11.8 Å². The summed E-state index contributed by atoms with van der Waals surface area (Å²) >= 11 is 5.97. The number of hydrogen-bond acceptors (Lipinski definition) is 4. The van der Waals surface area contributed by atoms with Gasteiger partial charge in [-0.3, -0.25) is 4.90 Å². The quantitative estimate of drug-likeness (QED) is 0.420. The fraction of sp³-hybridized carbons (Fsp3) is 0.240. The molecule has 0 radical (unpaired) electrons. The first-order valence-electron chi connectivity index (χ1n) is 10.2. The minimum absolute atomic E-state index is 0.303. The molecule has 3 aromatic carbocycles. The summed E-state index contributed by atoms with van der Waals surface area (Å²) in [5.41, 5.74) is 2.22. The van der Waals surface area contributed by atoms with Gasteiger partial charge in [0.2, 0.25) is 0 Å². The molecule has 1 aliphatic rings. The normalized spacial score (nSPS) is 15.0. The van der Waals surface area contributed by atoms with Gasteiger partial charge in [-0.2, -0.15) is 0 Å². The Morgan fingerprint density at radius 3 is 2.47 bits per heavy atom. The Bertz CT molecular complexity index is 1020. The summed E-state index contributed by atoms with van der Waals surface area (Å²) in [4.78, 5) is 16.8. The summed E-state index contributed by atoms with van der Waals surface area (Å²) in [5, 5.41) is 3.04. The zero-order valence-electron chi connectivity index (χ0n) is 16.8. The summed E-state index contributed by atoms with van der Waals surface area (Å²) in [5.74, 6) is -0.303. The number of hydrogen-bond donors (Lipinski definition) is 0. The van der Waals surface area contributed by atoms with Crippen molar-refractivity contribution in [3.05, 3.63) is 83.4 Å². The summed E-state index contributed by atoms with van der Waals surface area (Å²) in [6, 6.07) is 22.2. The fourth-order valence-corrected chi connectivity index (χ4v) is 3.88. The van der Waals surface area contributed by atoms with Gasteiger partial charge in [0.15, 0.2) is 0 Å². The number of halogens is 1. The Morgan fingerprint density at radius 2 is 1.67 bits per heavy atom. The standard InChI is InChI=1S/C25H25ClN2O2/c26-22-9-11-23(12-10-22)28-16-14-27(15-17-28)18-19-30-25(29)13-8-21-6-3-5-20-4-1-2-7-24(20)21/h1-13H,14-19H2/b13-8+. The molecule has 0 saturated carbocycles. The second-order valence-corrected chi connectivity index (χ2v) is 7.81. The summed E-state index contributed by atoms with van der Waals surface area (Å²) in [6.45, 7) is 4.97. The van der Waals surface area contributed by atoms with E-state index in [4.69, 9.17) is 16.3 Å². The highest BCUT2D eigenvalue weighted by Gasteiger charge is 2.17. The molecule has 1 saturated heterocycles. The first kappa shape index (κ1) is 20.5. The third-order valence-corrected chi connectivity index (χ3v) is 5.69. The Hall–Kier alpha value is -2.82. The molecular weight excluding hydrogens is 396 g/mol. The van der Waals surface area contributed by atoms with E-state index in [1.807, 2.05) is 42.5 Å². The molecular formula is C25H25ClN2O2. The number of nitrogens with zero attached hydrogens (tertiary/aromatic N) is 2. The number of piperazine rings is 1. The van der Waals surface area contributed by atoms with Gasteiger partial charge in [0.25, 0.3) is 0 Å². The number of esters is 1. The van der Waals surface area contributed by atoms with Crippen molar-refractivity contribution < 1.29 is 9.53 Å². The van der Waals surface area contributed by atoms with Crippen molar-refractivity contribution in [2.75, 3.05) is 44.2 Å². The van der Waals surface area contributed by atoms with E-state index in [1.54, 1.807) is 0 Å². The van der Waals surface area contributed by atoms with E-state index in [0.29, 0.717) is 6.61 Å². The van der Waals surface area contributed by atoms with Crippen LogP contribution < -0.4 is 4.90 Å². The van der Waals surface area contributed by atoms with Gasteiger partial charge in [0, 0.05) is 49.5 Å². The average Bonchev–Trinajstić information content (AvgIpc) is 2.79. The molecule has 1 fully saturated rings. The zero-order chi connectivity index (χ0) is 20.8. The van der Waals surface area contributed by atoms with Gasteiger partial charge in [-0.25, -0.2) is 4.79 Å². The van der Waals surface area contributed by atoms with Gasteiger partial charge in [0.05, 0.1) is 0 Å². The van der Waals surface area contributed by atoms with Crippen LogP contribution in [0.5, 0.6) is 0 Å². The molecule has 154 valence electrons. The van der Waals surface area contributed by atoms with Crippen LogP contribution in [0.2, 0.25) is 5.02 Å². The van der Waals surface area contributed by atoms with E-state index in [9.17, 15) is 4.79 Å². The van der Waals surface area contributed by atoms with Gasteiger partial charge < -0.3 is 9.64 Å². The SMILES string of the molecule is O=C(/C=C/c1cccc2ccccc12)OCCN1CCN(c2ccc(Cl)cc2)CC1. The third-order valence-electron chi connectivity index (χ3n) is 5.44. The van der Waals surface area contributed by atoms with Crippen LogP contribution in [0.15, 0.2) is 72.8 Å². The predicted octanol–water partition coefficient (Wildman–Crippen LogP) is 4.87. The van der Waals surface area contributed by atoms with E-state index in [0.717, 1.165) is 54.1 Å². The lowest BCUT2D eigenvalue weighted by Crippen LogP contribution is -2.47. The molecule has 3 aromatic rings. The number of ether oxygens (including phenoxy) is 1. The third kappa shape index (κ3) is 5.21. The smallest absolute Gasteiger partial charge is 0.330 e. The van der Waals surface area contributed by atoms with Crippen LogP contribution in [0.4, 0.5) is 5.69 Å². The van der Waals surface area contributed by atoms with E-state index in [-0.39, 0.29) is 5.97 Å². The Morgan fingerprint density at radius 1 is 0.933 bits per heavy atom. The number of fused-ring (bicyclic) bond motifs is 1. The first-order valence-corrected chi connectivity index (χ1v) is 10.6. The van der Waals surface area contributed by atoms with Crippen LogP contribution in [0.3, 0.4) is 0 Å². The molecule has 0 bridgehead atoms. The Labute approximate surface area is 182 Å². The molecule has 0 unspecified atom stereocenters. The highest BCUT2D eigenvalue weighted by atomic mass is 35.5. The molecule has 4 rings (SSSR count). The van der Waals surface area contributed by atoms with Gasteiger partial charge in [0.1, 0.15) is 6.61 Å². The molecule has 1 heterocycles. The number of anilines is 1. The Kier molecular flexibility index (Phi) is 6.67. The van der Waals surface area contributed by atoms with E-state index < -0.39 is 0 Å². The highest BCUT2D eigenvalue weighted by molar-refractivity contribution is 6.30. The molecule has 30 heavy (non-hydrogen) atoms. The minimum Gasteiger partial charge on any atom is -0.461 e. The maximum absolute atomic E-state index is 12.1. The van der Waals surface area contributed by atoms with Crippen LogP contribution in [-0.4, -0.2) is 50.2 Å². The fourth-order valence-electron chi connectivity index (χ4n) is 3.76. The maximum Gasteiger partial charge on any atom is 0.330 e. The van der Waals surface area contributed by atoms with Crippen molar-refractivity contribution in [2.24, 2.45) is 0 Å². The first-order chi connectivity index (χ1) is 14.7. The van der Waals surface area contributed by atoms with Crippen LogP contribution >= 0.6 is 11.6 Å². The number of benzene rings is 3. The second-order valence-electron chi connectivity index (χ2n) is 7.37. The minimum atomic E-state index is -0.303. The van der Waals surface area contributed by atoms with Gasteiger partial charge in [-0.15, -0.1) is 0 Å². The van der Waals surface area contributed by atoms with Crippen molar-refractivity contribution in [1.29, 1.82) is 0 Å². The summed E-state index contributed by atoms with van der Waals surface area (Å²) < 4.78 is 5.41. The average molecular weight is 421 g/mol. The molecule has 0 aromatic heterocycles. The molecule has 1 aliphatic heterocycles. The van der Waals surface area contributed by atoms with Crippen LogP contribution in [0, 0.1) is 0 Å². The van der Waals surface area contributed by atoms with Crippen molar-refractivity contribution in [1.82, 2.24) is 4.90 Å². The van der Waals surface area contributed by atoms with Crippen molar-refractivity contribution in [2.45, 2.75) is 0 Å². The monoisotopic (exact) mass is 420 g/mol. The zero-order valence-corrected chi connectivity index (χ0v) is 17.6. The summed E-state index contributed by atoms with van der Waals surface area (Å²) in [6.07, 6.45) is 3.34.